The van der Waals surface area contributed by atoms with Crippen LogP contribution in [0.25, 0.3) is 11.1 Å². The zero-order valence-electron chi connectivity index (χ0n) is 13.9. The van der Waals surface area contributed by atoms with Gasteiger partial charge >= 0.3 is 5.97 Å². The van der Waals surface area contributed by atoms with Crippen molar-refractivity contribution in [3.05, 3.63) is 59.7 Å². The van der Waals surface area contributed by atoms with Crippen molar-refractivity contribution < 1.29 is 14.3 Å². The summed E-state index contributed by atoms with van der Waals surface area (Å²) < 4.78 is 5.49. The SMILES string of the molecule is CNC(=O)[C@H](C)CC(=O)OCC1c2ccccc2-c2ccccc21. The molecule has 4 nitrogen and oxygen atoms in total. The molecule has 0 fully saturated rings. The number of esters is 1. The number of carbonyl (C=O) groups excluding carboxylic acids is 2. The first-order chi connectivity index (χ1) is 11.6. The molecule has 24 heavy (non-hydrogen) atoms. The van der Waals surface area contributed by atoms with Crippen LogP contribution in [0.3, 0.4) is 0 Å². The molecule has 1 aliphatic rings. The van der Waals surface area contributed by atoms with E-state index in [0.29, 0.717) is 6.61 Å². The van der Waals surface area contributed by atoms with Gasteiger partial charge in [-0.15, -0.1) is 0 Å². The molecule has 0 aromatic heterocycles. The molecule has 0 saturated carbocycles. The van der Waals surface area contributed by atoms with E-state index < -0.39 is 0 Å². The van der Waals surface area contributed by atoms with Crippen molar-refractivity contribution in [3.63, 3.8) is 0 Å². The van der Waals surface area contributed by atoms with Crippen molar-refractivity contribution in [2.45, 2.75) is 19.3 Å². The van der Waals surface area contributed by atoms with Gasteiger partial charge in [-0.05, 0) is 22.3 Å². The van der Waals surface area contributed by atoms with Crippen LogP contribution in [-0.2, 0) is 14.3 Å². The molecule has 0 radical (unpaired) electrons. The molecule has 2 aromatic carbocycles. The van der Waals surface area contributed by atoms with E-state index in [-0.39, 0.29) is 30.1 Å². The predicted octanol–water partition coefficient (Wildman–Crippen LogP) is 3.11. The zero-order valence-corrected chi connectivity index (χ0v) is 13.9. The third-order valence-corrected chi connectivity index (χ3v) is 4.54. The average Bonchev–Trinajstić information content (AvgIpc) is 2.93. The topological polar surface area (TPSA) is 55.4 Å². The average molecular weight is 323 g/mol. The second-order valence-electron chi connectivity index (χ2n) is 6.13. The smallest absolute Gasteiger partial charge is 0.306 e. The Hall–Kier alpha value is -2.62. The molecule has 0 saturated heterocycles. The predicted molar refractivity (Wildman–Crippen MR) is 92.5 cm³/mol. The number of carbonyl (C=O) groups is 2. The van der Waals surface area contributed by atoms with Crippen LogP contribution in [0.1, 0.15) is 30.4 Å². The van der Waals surface area contributed by atoms with Crippen LogP contribution in [0.4, 0.5) is 0 Å². The Balaban J connectivity index is 1.72. The lowest BCUT2D eigenvalue weighted by atomic mass is 9.98. The zero-order chi connectivity index (χ0) is 17.1. The molecule has 1 N–H and O–H groups in total. The standard InChI is InChI=1S/C20H21NO3/c1-13(20(23)21-2)11-19(22)24-12-18-16-9-5-3-7-14(16)15-8-4-6-10-17(15)18/h3-10,13,18H,11-12H2,1-2H3,(H,21,23)/t13-/m1/s1. The molecule has 3 rings (SSSR count). The molecule has 0 bridgehead atoms. The second-order valence-corrected chi connectivity index (χ2v) is 6.13. The first kappa shape index (κ1) is 16.2. The molecule has 1 amide bonds. The fourth-order valence-corrected chi connectivity index (χ4v) is 3.26. The molecule has 4 heteroatoms. The summed E-state index contributed by atoms with van der Waals surface area (Å²) in [4.78, 5) is 23.6. The Labute approximate surface area is 141 Å². The van der Waals surface area contributed by atoms with Gasteiger partial charge in [0.2, 0.25) is 5.91 Å². The Morgan fingerprint density at radius 2 is 1.58 bits per heavy atom. The maximum absolute atomic E-state index is 12.1. The molecule has 1 atom stereocenters. The van der Waals surface area contributed by atoms with Crippen molar-refractivity contribution >= 4 is 11.9 Å². The minimum Gasteiger partial charge on any atom is -0.465 e. The van der Waals surface area contributed by atoms with Crippen LogP contribution < -0.4 is 5.32 Å². The first-order valence-electron chi connectivity index (χ1n) is 8.17. The van der Waals surface area contributed by atoms with E-state index in [2.05, 4.69) is 29.6 Å². The maximum atomic E-state index is 12.1. The number of hydrogen-bond donors (Lipinski definition) is 1. The van der Waals surface area contributed by atoms with Crippen molar-refractivity contribution in [3.8, 4) is 11.1 Å². The summed E-state index contributed by atoms with van der Waals surface area (Å²) in [6, 6.07) is 16.4. The van der Waals surface area contributed by atoms with Crippen LogP contribution >= 0.6 is 0 Å². The van der Waals surface area contributed by atoms with E-state index in [4.69, 9.17) is 4.74 Å². The lowest BCUT2D eigenvalue weighted by Crippen LogP contribution is -2.27. The van der Waals surface area contributed by atoms with Gasteiger partial charge in [-0.1, -0.05) is 55.5 Å². The number of ether oxygens (including phenoxy) is 1. The molecule has 0 aliphatic heterocycles. The molecule has 2 aromatic rings. The highest BCUT2D eigenvalue weighted by Gasteiger charge is 2.29. The highest BCUT2D eigenvalue weighted by Crippen LogP contribution is 2.44. The van der Waals surface area contributed by atoms with Gasteiger partial charge in [0.25, 0.3) is 0 Å². The molecule has 0 heterocycles. The van der Waals surface area contributed by atoms with Gasteiger partial charge in [0.05, 0.1) is 6.42 Å². The van der Waals surface area contributed by atoms with Crippen LogP contribution in [-0.4, -0.2) is 25.5 Å². The highest BCUT2D eigenvalue weighted by molar-refractivity contribution is 5.83. The normalized spacial score (nSPS) is 13.8. The molecule has 1 aliphatic carbocycles. The van der Waals surface area contributed by atoms with E-state index in [1.807, 2.05) is 24.3 Å². The number of amides is 1. The Morgan fingerprint density at radius 3 is 2.12 bits per heavy atom. The highest BCUT2D eigenvalue weighted by atomic mass is 16.5. The van der Waals surface area contributed by atoms with Crippen LogP contribution in [0, 0.1) is 5.92 Å². The monoisotopic (exact) mass is 323 g/mol. The first-order valence-corrected chi connectivity index (χ1v) is 8.17. The molecule has 0 unspecified atom stereocenters. The van der Waals surface area contributed by atoms with Gasteiger partial charge in [0, 0.05) is 18.9 Å². The van der Waals surface area contributed by atoms with Gasteiger partial charge in [0.15, 0.2) is 0 Å². The van der Waals surface area contributed by atoms with E-state index >= 15 is 0 Å². The fourth-order valence-electron chi connectivity index (χ4n) is 3.26. The molecule has 124 valence electrons. The van der Waals surface area contributed by atoms with E-state index in [1.54, 1.807) is 14.0 Å². The van der Waals surface area contributed by atoms with Gasteiger partial charge in [-0.25, -0.2) is 0 Å². The van der Waals surface area contributed by atoms with Crippen LogP contribution in [0.5, 0.6) is 0 Å². The van der Waals surface area contributed by atoms with Crippen molar-refractivity contribution in [2.75, 3.05) is 13.7 Å². The van der Waals surface area contributed by atoms with Gasteiger partial charge in [-0.2, -0.15) is 0 Å². The van der Waals surface area contributed by atoms with E-state index in [0.717, 1.165) is 0 Å². The van der Waals surface area contributed by atoms with Crippen molar-refractivity contribution in [1.29, 1.82) is 0 Å². The Morgan fingerprint density at radius 1 is 1.04 bits per heavy atom. The summed E-state index contributed by atoms with van der Waals surface area (Å²) in [5.41, 5.74) is 4.78. The summed E-state index contributed by atoms with van der Waals surface area (Å²) in [5.74, 6) is -0.821. The van der Waals surface area contributed by atoms with Crippen molar-refractivity contribution in [1.82, 2.24) is 5.32 Å². The van der Waals surface area contributed by atoms with E-state index in [1.165, 1.54) is 22.3 Å². The third-order valence-electron chi connectivity index (χ3n) is 4.54. The summed E-state index contributed by atoms with van der Waals surface area (Å²) in [6.07, 6.45) is 0.0929. The summed E-state index contributed by atoms with van der Waals surface area (Å²) in [6.45, 7) is 2.02. The summed E-state index contributed by atoms with van der Waals surface area (Å²) >= 11 is 0. The number of benzene rings is 2. The van der Waals surface area contributed by atoms with Gasteiger partial charge in [0.1, 0.15) is 6.61 Å². The molecular weight excluding hydrogens is 302 g/mol. The van der Waals surface area contributed by atoms with Crippen LogP contribution in [0.15, 0.2) is 48.5 Å². The third kappa shape index (κ3) is 3.04. The number of rotatable bonds is 5. The minimum absolute atomic E-state index is 0.0525. The fraction of sp³-hybridized carbons (Fsp3) is 0.300. The van der Waals surface area contributed by atoms with Gasteiger partial charge in [-0.3, -0.25) is 9.59 Å². The summed E-state index contributed by atoms with van der Waals surface area (Å²) in [5, 5.41) is 2.55. The van der Waals surface area contributed by atoms with Crippen molar-refractivity contribution in [2.24, 2.45) is 5.92 Å². The lowest BCUT2D eigenvalue weighted by molar-refractivity contribution is -0.146. The minimum atomic E-state index is -0.384. The largest absolute Gasteiger partial charge is 0.465 e. The molecular formula is C20H21NO3. The van der Waals surface area contributed by atoms with Crippen LogP contribution in [0.2, 0.25) is 0 Å². The van der Waals surface area contributed by atoms with Gasteiger partial charge < -0.3 is 10.1 Å². The maximum Gasteiger partial charge on any atom is 0.306 e. The number of hydrogen-bond acceptors (Lipinski definition) is 3. The van der Waals surface area contributed by atoms with E-state index in [9.17, 15) is 9.59 Å². The number of fused-ring (bicyclic) bond motifs is 3. The summed E-state index contributed by atoms with van der Waals surface area (Å²) in [7, 11) is 1.57. The second kappa shape index (κ2) is 6.87. The molecule has 0 spiro atoms. The number of nitrogens with one attached hydrogen (secondary N) is 1. The Bertz CT molecular complexity index is 723. The quantitative estimate of drug-likeness (QED) is 0.860. The Kier molecular flexibility index (Phi) is 4.65. The lowest BCUT2D eigenvalue weighted by Gasteiger charge is -2.15.